The quantitative estimate of drug-likeness (QED) is 0.249. The molecule has 2 aromatic carbocycles. The molecule has 4 aromatic rings. The molecule has 2 saturated heterocycles. The molecule has 0 amide bonds. The number of hydrogen-bond donors (Lipinski definition) is 0. The molecule has 8 rings (SSSR count). The molecule has 2 aromatic heterocycles. The maximum atomic E-state index is 12.4. The second-order valence-electron chi connectivity index (χ2n) is 12.2. The number of benzene rings is 2. The first-order valence-electron chi connectivity index (χ1n) is 15.0. The van der Waals surface area contributed by atoms with Crippen LogP contribution in [0.2, 0.25) is 5.02 Å². The molecule has 228 valence electrons. The second-order valence-corrected chi connectivity index (χ2v) is 12.6. The number of fused-ring (bicyclic) bond motifs is 3. The van der Waals surface area contributed by atoms with Crippen LogP contribution in [0.5, 0.6) is 17.2 Å². The van der Waals surface area contributed by atoms with Gasteiger partial charge in [0, 0.05) is 38.4 Å². The minimum absolute atomic E-state index is 0.131. The summed E-state index contributed by atoms with van der Waals surface area (Å²) in [4.78, 5) is 24.4. The van der Waals surface area contributed by atoms with Crippen molar-refractivity contribution in [1.82, 2.24) is 19.4 Å². The van der Waals surface area contributed by atoms with Crippen molar-refractivity contribution in [3.05, 3.63) is 76.3 Å². The molecule has 1 saturated carbocycles. The first-order valence-corrected chi connectivity index (χ1v) is 15.4. The summed E-state index contributed by atoms with van der Waals surface area (Å²) in [7, 11) is 2.98. The van der Waals surface area contributed by atoms with Gasteiger partial charge in [-0.2, -0.15) is 0 Å². The highest BCUT2D eigenvalue weighted by atomic mass is 35.5. The van der Waals surface area contributed by atoms with Gasteiger partial charge in [-0.25, -0.2) is 9.78 Å². The molecule has 4 aliphatic rings. The number of ether oxygens (including phenoxy) is 5. The van der Waals surface area contributed by atoms with Gasteiger partial charge in [-0.15, -0.1) is 0 Å². The molecular weight excluding hydrogens is 584 g/mol. The highest BCUT2D eigenvalue weighted by Crippen LogP contribution is 2.62. The number of para-hydroxylation sites is 1. The fraction of sp³-hybridized carbons (Fsp3) is 0.424. The first kappa shape index (κ1) is 27.7. The second kappa shape index (κ2) is 10.4. The summed E-state index contributed by atoms with van der Waals surface area (Å²) >= 11 is 6.06. The van der Waals surface area contributed by atoms with Crippen LogP contribution >= 0.6 is 11.6 Å². The minimum atomic E-state index is -1.00. The maximum absolute atomic E-state index is 12.4. The molecule has 11 heteroatoms. The molecule has 5 atom stereocenters. The van der Waals surface area contributed by atoms with E-state index in [0.29, 0.717) is 52.9 Å². The lowest BCUT2D eigenvalue weighted by molar-refractivity contribution is -0.0721. The van der Waals surface area contributed by atoms with Gasteiger partial charge in [0.2, 0.25) is 0 Å². The average Bonchev–Trinajstić information content (AvgIpc) is 3.29. The minimum Gasteiger partial charge on any atom is -0.494 e. The van der Waals surface area contributed by atoms with Crippen LogP contribution < -0.4 is 14.2 Å². The molecule has 0 radical (unpaired) electrons. The van der Waals surface area contributed by atoms with E-state index in [4.69, 9.17) is 40.3 Å². The smallest absolute Gasteiger partial charge is 0.338 e. The Hall–Kier alpha value is -3.86. The number of esters is 1. The molecule has 3 aliphatic heterocycles. The molecule has 0 bridgehead atoms. The number of imidazole rings is 1. The summed E-state index contributed by atoms with van der Waals surface area (Å²) in [5, 5.41) is 0.570. The van der Waals surface area contributed by atoms with Crippen LogP contribution in [0.3, 0.4) is 0 Å². The van der Waals surface area contributed by atoms with Gasteiger partial charge in [-0.05, 0) is 54.5 Å². The third-order valence-electron chi connectivity index (χ3n) is 9.52. The van der Waals surface area contributed by atoms with Gasteiger partial charge < -0.3 is 28.3 Å². The molecule has 0 spiro atoms. The SMILES string of the molecule is COC(=O)c1cc(OC)c2nc(CN3C[C@@H]4C(c5cccc6c5OC(C)(c5ccc(Cl)cn5)O6)[C@@H]4C3)n(C[C@@H]3CCO3)c2c1. The van der Waals surface area contributed by atoms with Crippen molar-refractivity contribution in [1.29, 1.82) is 0 Å². The van der Waals surface area contributed by atoms with Gasteiger partial charge in [0.15, 0.2) is 11.5 Å². The Morgan fingerprint density at radius 2 is 1.95 bits per heavy atom. The fourth-order valence-electron chi connectivity index (χ4n) is 7.15. The van der Waals surface area contributed by atoms with E-state index in [9.17, 15) is 4.79 Å². The Bertz CT molecular complexity index is 1760. The Morgan fingerprint density at radius 1 is 1.14 bits per heavy atom. The number of carbonyl (C=O) groups excluding carboxylic acids is 1. The normalized spacial score (nSPS) is 26.8. The van der Waals surface area contributed by atoms with E-state index in [1.54, 1.807) is 25.4 Å². The molecule has 5 heterocycles. The van der Waals surface area contributed by atoms with E-state index in [-0.39, 0.29) is 6.10 Å². The summed E-state index contributed by atoms with van der Waals surface area (Å²) in [6.07, 6.45) is 2.75. The van der Waals surface area contributed by atoms with Crippen molar-refractivity contribution in [2.75, 3.05) is 33.9 Å². The molecule has 1 aliphatic carbocycles. The molecule has 3 fully saturated rings. The number of pyridine rings is 1. The average molecular weight is 617 g/mol. The zero-order chi connectivity index (χ0) is 30.2. The zero-order valence-electron chi connectivity index (χ0n) is 24.8. The number of aromatic nitrogens is 3. The first-order chi connectivity index (χ1) is 21.3. The van der Waals surface area contributed by atoms with E-state index in [1.165, 1.54) is 12.7 Å². The van der Waals surface area contributed by atoms with Crippen LogP contribution in [-0.2, 0) is 28.4 Å². The monoisotopic (exact) mass is 616 g/mol. The summed E-state index contributed by atoms with van der Waals surface area (Å²) in [6.45, 7) is 5.97. The number of methoxy groups -OCH3 is 2. The number of piperidine rings is 1. The van der Waals surface area contributed by atoms with Crippen molar-refractivity contribution >= 4 is 28.6 Å². The van der Waals surface area contributed by atoms with Crippen molar-refractivity contribution < 1.29 is 28.5 Å². The van der Waals surface area contributed by atoms with Crippen LogP contribution in [0.25, 0.3) is 11.0 Å². The number of likely N-dealkylation sites (tertiary alicyclic amines) is 1. The standard InChI is InChI=1S/C33H33ClN4O6/c1-33(27-8-7-19(34)13-35-27)43-25-6-4-5-21(31(25)44-33)29-22-15-37(16-23(22)29)17-28-36-30-24(38(28)14-20-9-10-42-20)11-18(32(39)41-3)12-26(30)40-2/h4-8,11-13,20,22-23,29H,9-10,14-17H2,1-3H3/t20-,22-,23+,29?,33?/m0/s1. The molecule has 10 nitrogen and oxygen atoms in total. The van der Waals surface area contributed by atoms with Crippen molar-refractivity contribution in [3.8, 4) is 17.2 Å². The Morgan fingerprint density at radius 3 is 2.64 bits per heavy atom. The predicted molar refractivity (Wildman–Crippen MR) is 161 cm³/mol. The summed E-state index contributed by atoms with van der Waals surface area (Å²) in [6, 6.07) is 13.4. The number of carbonyl (C=O) groups is 1. The zero-order valence-corrected chi connectivity index (χ0v) is 25.5. The summed E-state index contributed by atoms with van der Waals surface area (Å²) < 4.78 is 31.4. The Balaban J connectivity index is 1.02. The molecule has 44 heavy (non-hydrogen) atoms. The van der Waals surface area contributed by atoms with Crippen LogP contribution in [0.15, 0.2) is 48.7 Å². The van der Waals surface area contributed by atoms with E-state index in [1.807, 2.05) is 31.2 Å². The molecule has 2 unspecified atom stereocenters. The number of nitrogens with zero attached hydrogens (tertiary/aromatic N) is 4. The van der Waals surface area contributed by atoms with Crippen molar-refractivity contribution in [3.63, 3.8) is 0 Å². The third-order valence-corrected chi connectivity index (χ3v) is 9.74. The van der Waals surface area contributed by atoms with Crippen LogP contribution in [0.4, 0.5) is 0 Å². The molecule has 0 N–H and O–H groups in total. The van der Waals surface area contributed by atoms with E-state index in [0.717, 1.165) is 54.5 Å². The van der Waals surface area contributed by atoms with Gasteiger partial charge in [-0.3, -0.25) is 9.88 Å². The maximum Gasteiger partial charge on any atom is 0.338 e. The predicted octanol–water partition coefficient (Wildman–Crippen LogP) is 5.16. The van der Waals surface area contributed by atoms with Crippen LogP contribution in [0.1, 0.15) is 46.7 Å². The van der Waals surface area contributed by atoms with Gasteiger partial charge in [0.25, 0.3) is 5.79 Å². The van der Waals surface area contributed by atoms with Gasteiger partial charge in [0.1, 0.15) is 22.8 Å². The lowest BCUT2D eigenvalue weighted by Gasteiger charge is -2.28. The number of rotatable bonds is 8. The molecular formula is C33H33ClN4O6. The lowest BCUT2D eigenvalue weighted by atomic mass is 10.0. The summed E-state index contributed by atoms with van der Waals surface area (Å²) in [5.74, 6) is 3.12. The topological polar surface area (TPSA) is 97.2 Å². The highest BCUT2D eigenvalue weighted by Gasteiger charge is 2.58. The van der Waals surface area contributed by atoms with Crippen molar-refractivity contribution in [2.45, 2.75) is 44.2 Å². The third kappa shape index (κ3) is 4.50. The fourth-order valence-corrected chi connectivity index (χ4v) is 7.26. The van der Waals surface area contributed by atoms with Crippen molar-refractivity contribution in [2.24, 2.45) is 11.8 Å². The van der Waals surface area contributed by atoms with Crippen LogP contribution in [-0.4, -0.2) is 65.4 Å². The Kier molecular flexibility index (Phi) is 6.51. The summed E-state index contributed by atoms with van der Waals surface area (Å²) in [5.41, 5.74) is 3.91. The van der Waals surface area contributed by atoms with Gasteiger partial charge >= 0.3 is 5.97 Å². The van der Waals surface area contributed by atoms with Crippen LogP contribution in [0, 0.1) is 11.8 Å². The lowest BCUT2D eigenvalue weighted by Crippen LogP contribution is -2.33. The number of hydrogen-bond acceptors (Lipinski definition) is 9. The van der Waals surface area contributed by atoms with Gasteiger partial charge in [0.05, 0.1) is 49.5 Å². The van der Waals surface area contributed by atoms with E-state index >= 15 is 0 Å². The Labute approximate surface area is 259 Å². The van der Waals surface area contributed by atoms with E-state index in [2.05, 4.69) is 20.5 Å². The largest absolute Gasteiger partial charge is 0.494 e. The van der Waals surface area contributed by atoms with Gasteiger partial charge in [-0.1, -0.05) is 23.7 Å². The number of halogens is 1. The van der Waals surface area contributed by atoms with E-state index < -0.39 is 11.8 Å². The highest BCUT2D eigenvalue weighted by molar-refractivity contribution is 6.30.